The second-order valence-corrected chi connectivity index (χ2v) is 10.4. The lowest BCUT2D eigenvalue weighted by Gasteiger charge is -2.30. The Morgan fingerprint density at radius 3 is 2.34 bits per heavy atom. The fraction of sp³-hybridized carbons (Fsp3) is 0.138. The van der Waals surface area contributed by atoms with E-state index in [2.05, 4.69) is 22.0 Å². The topological polar surface area (TPSA) is 94.0 Å². The fourth-order valence-electron chi connectivity index (χ4n) is 4.07. The van der Waals surface area contributed by atoms with E-state index in [9.17, 15) is 14.9 Å². The SMILES string of the molecule is CC1=C(C(=O)Nc2ccccc2)[C@H](c2ccccc2Cl)C(C#N)=C(SCC(=O)Nc2ccc(C)c(Cl)c2)N1. The highest BCUT2D eigenvalue weighted by Gasteiger charge is 2.36. The average molecular weight is 564 g/mol. The van der Waals surface area contributed by atoms with Crippen LogP contribution in [0.4, 0.5) is 11.4 Å². The predicted molar refractivity (Wildman–Crippen MR) is 155 cm³/mol. The molecule has 0 aliphatic carbocycles. The van der Waals surface area contributed by atoms with E-state index in [-0.39, 0.29) is 17.6 Å². The Balaban J connectivity index is 1.63. The number of nitrogens with zero attached hydrogens (tertiary/aromatic N) is 1. The number of aryl methyl sites for hydroxylation is 1. The number of amides is 2. The van der Waals surface area contributed by atoms with Crippen molar-refractivity contribution in [2.75, 3.05) is 16.4 Å². The van der Waals surface area contributed by atoms with Gasteiger partial charge in [0.05, 0.1) is 28.3 Å². The monoisotopic (exact) mass is 562 g/mol. The molecular formula is C29H24Cl2N4O2S. The number of halogens is 2. The summed E-state index contributed by atoms with van der Waals surface area (Å²) in [6, 6.07) is 23.8. The first-order chi connectivity index (χ1) is 18.3. The van der Waals surface area contributed by atoms with E-state index in [0.29, 0.717) is 48.9 Å². The van der Waals surface area contributed by atoms with Gasteiger partial charge in [0, 0.05) is 32.7 Å². The van der Waals surface area contributed by atoms with E-state index in [1.165, 1.54) is 11.8 Å². The third-order valence-electron chi connectivity index (χ3n) is 5.94. The Morgan fingerprint density at radius 2 is 1.66 bits per heavy atom. The minimum atomic E-state index is -0.722. The maximum absolute atomic E-state index is 13.5. The molecule has 1 aliphatic heterocycles. The summed E-state index contributed by atoms with van der Waals surface area (Å²) in [6.07, 6.45) is 0. The number of para-hydroxylation sites is 1. The molecule has 0 unspecified atom stereocenters. The Hall–Kier alpha value is -3.70. The van der Waals surface area contributed by atoms with Gasteiger partial charge in [0.15, 0.2) is 0 Å². The largest absolute Gasteiger partial charge is 0.353 e. The molecule has 3 aromatic rings. The number of nitriles is 1. The van der Waals surface area contributed by atoms with Crippen molar-refractivity contribution in [3.05, 3.63) is 116 Å². The lowest BCUT2D eigenvalue weighted by Crippen LogP contribution is -2.31. The van der Waals surface area contributed by atoms with Crippen LogP contribution in [-0.2, 0) is 9.59 Å². The van der Waals surface area contributed by atoms with Crippen LogP contribution in [0.2, 0.25) is 10.0 Å². The van der Waals surface area contributed by atoms with Crippen LogP contribution in [-0.4, -0.2) is 17.6 Å². The van der Waals surface area contributed by atoms with Gasteiger partial charge in [-0.05, 0) is 55.3 Å². The molecule has 0 saturated heterocycles. The van der Waals surface area contributed by atoms with Gasteiger partial charge < -0.3 is 16.0 Å². The Kier molecular flexibility index (Phi) is 8.80. The first-order valence-electron chi connectivity index (χ1n) is 11.7. The number of hydrogen-bond donors (Lipinski definition) is 3. The van der Waals surface area contributed by atoms with E-state index in [0.717, 1.165) is 5.56 Å². The number of allylic oxidation sites excluding steroid dienone is 2. The maximum atomic E-state index is 13.5. The molecule has 38 heavy (non-hydrogen) atoms. The van der Waals surface area contributed by atoms with Crippen molar-refractivity contribution in [2.24, 2.45) is 0 Å². The van der Waals surface area contributed by atoms with Crippen LogP contribution in [0.5, 0.6) is 0 Å². The molecule has 9 heteroatoms. The summed E-state index contributed by atoms with van der Waals surface area (Å²) in [5.41, 5.74) is 4.00. The molecule has 0 bridgehead atoms. The zero-order valence-corrected chi connectivity index (χ0v) is 23.0. The van der Waals surface area contributed by atoms with Crippen molar-refractivity contribution >= 4 is 58.2 Å². The quantitative estimate of drug-likeness (QED) is 0.288. The second kappa shape index (κ2) is 12.2. The Morgan fingerprint density at radius 1 is 0.947 bits per heavy atom. The molecule has 1 aliphatic rings. The maximum Gasteiger partial charge on any atom is 0.254 e. The Labute approximate surface area is 235 Å². The molecule has 0 saturated carbocycles. The Bertz CT molecular complexity index is 1500. The van der Waals surface area contributed by atoms with Crippen molar-refractivity contribution in [1.82, 2.24) is 5.32 Å². The number of nitrogens with one attached hydrogen (secondary N) is 3. The summed E-state index contributed by atoms with van der Waals surface area (Å²) in [5.74, 6) is -1.30. The van der Waals surface area contributed by atoms with E-state index >= 15 is 0 Å². The summed E-state index contributed by atoms with van der Waals surface area (Å²) >= 11 is 13.9. The normalized spacial score (nSPS) is 15.0. The van der Waals surface area contributed by atoms with Gasteiger partial charge in [-0.1, -0.05) is 77.4 Å². The average Bonchev–Trinajstić information content (AvgIpc) is 2.90. The highest BCUT2D eigenvalue weighted by atomic mass is 35.5. The zero-order chi connectivity index (χ0) is 27.2. The minimum absolute atomic E-state index is 0.0348. The van der Waals surface area contributed by atoms with Crippen molar-refractivity contribution in [1.29, 1.82) is 5.26 Å². The van der Waals surface area contributed by atoms with Crippen molar-refractivity contribution in [2.45, 2.75) is 19.8 Å². The molecule has 0 radical (unpaired) electrons. The smallest absolute Gasteiger partial charge is 0.254 e. The van der Waals surface area contributed by atoms with Gasteiger partial charge in [0.25, 0.3) is 5.91 Å². The van der Waals surface area contributed by atoms with Crippen LogP contribution in [0.15, 0.2) is 94.7 Å². The fourth-order valence-corrected chi connectivity index (χ4v) is 5.39. The lowest BCUT2D eigenvalue weighted by atomic mass is 9.82. The number of hydrogen-bond acceptors (Lipinski definition) is 5. The molecule has 3 aromatic carbocycles. The van der Waals surface area contributed by atoms with Crippen molar-refractivity contribution < 1.29 is 9.59 Å². The summed E-state index contributed by atoms with van der Waals surface area (Å²) in [7, 11) is 0. The van der Waals surface area contributed by atoms with Gasteiger partial charge in [0.2, 0.25) is 5.91 Å². The lowest BCUT2D eigenvalue weighted by molar-refractivity contribution is -0.114. The molecule has 192 valence electrons. The molecule has 3 N–H and O–H groups in total. The van der Waals surface area contributed by atoms with Crippen LogP contribution >= 0.6 is 35.0 Å². The summed E-state index contributed by atoms with van der Waals surface area (Å²) in [6.45, 7) is 3.65. The van der Waals surface area contributed by atoms with Crippen molar-refractivity contribution in [3.63, 3.8) is 0 Å². The summed E-state index contributed by atoms with van der Waals surface area (Å²) in [5, 5.41) is 20.6. The molecule has 1 heterocycles. The number of dihydropyridines is 1. The van der Waals surface area contributed by atoms with Gasteiger partial charge in [-0.15, -0.1) is 0 Å². The highest BCUT2D eigenvalue weighted by molar-refractivity contribution is 8.03. The number of carbonyl (C=O) groups excluding carboxylic acids is 2. The minimum Gasteiger partial charge on any atom is -0.353 e. The van der Waals surface area contributed by atoms with Gasteiger partial charge in [-0.3, -0.25) is 9.59 Å². The van der Waals surface area contributed by atoms with Crippen LogP contribution in [0, 0.1) is 18.3 Å². The van der Waals surface area contributed by atoms with Gasteiger partial charge in [-0.25, -0.2) is 0 Å². The molecule has 2 amide bonds. The number of rotatable bonds is 7. The van der Waals surface area contributed by atoms with Crippen LogP contribution in [0.3, 0.4) is 0 Å². The summed E-state index contributed by atoms with van der Waals surface area (Å²) < 4.78 is 0. The van der Waals surface area contributed by atoms with E-state index in [4.69, 9.17) is 23.2 Å². The van der Waals surface area contributed by atoms with Gasteiger partial charge in [0.1, 0.15) is 0 Å². The standard InChI is InChI=1S/C29H24Cl2N4O2S/c1-17-12-13-20(14-24(17)31)34-25(36)16-38-29-22(15-32)27(21-10-6-7-11-23(21)30)26(18(2)33-29)28(37)35-19-8-4-3-5-9-19/h3-14,27,33H,16H2,1-2H3,(H,34,36)(H,35,37)/t27-/m1/s1. The predicted octanol–water partition coefficient (Wildman–Crippen LogP) is 7.01. The molecule has 4 rings (SSSR count). The van der Waals surface area contributed by atoms with Crippen LogP contribution in [0.1, 0.15) is 24.0 Å². The third kappa shape index (κ3) is 6.22. The summed E-state index contributed by atoms with van der Waals surface area (Å²) in [4.78, 5) is 26.2. The van der Waals surface area contributed by atoms with Gasteiger partial charge >= 0.3 is 0 Å². The van der Waals surface area contributed by atoms with Crippen LogP contribution in [0.25, 0.3) is 0 Å². The molecule has 0 aromatic heterocycles. The number of benzene rings is 3. The van der Waals surface area contributed by atoms with E-state index in [1.807, 2.05) is 37.3 Å². The molecule has 1 atom stereocenters. The van der Waals surface area contributed by atoms with E-state index < -0.39 is 5.92 Å². The number of carbonyl (C=O) groups is 2. The first kappa shape index (κ1) is 27.3. The molecular weight excluding hydrogens is 539 g/mol. The number of anilines is 2. The number of thioether (sulfide) groups is 1. The second-order valence-electron chi connectivity index (χ2n) is 8.59. The highest BCUT2D eigenvalue weighted by Crippen LogP contribution is 2.43. The van der Waals surface area contributed by atoms with Crippen LogP contribution < -0.4 is 16.0 Å². The first-order valence-corrected chi connectivity index (χ1v) is 13.4. The van der Waals surface area contributed by atoms with Crippen molar-refractivity contribution in [3.8, 4) is 6.07 Å². The molecule has 6 nitrogen and oxygen atoms in total. The molecule has 0 fully saturated rings. The molecule has 0 spiro atoms. The zero-order valence-electron chi connectivity index (χ0n) is 20.6. The third-order valence-corrected chi connectivity index (χ3v) is 7.71. The van der Waals surface area contributed by atoms with Gasteiger partial charge in [-0.2, -0.15) is 5.26 Å². The van der Waals surface area contributed by atoms with E-state index in [1.54, 1.807) is 49.4 Å².